The molecule has 2 rings (SSSR count). The fourth-order valence-electron chi connectivity index (χ4n) is 1.80. The zero-order valence-electron chi connectivity index (χ0n) is 9.64. The molecule has 1 aliphatic rings. The van der Waals surface area contributed by atoms with Gasteiger partial charge in [0, 0.05) is 0 Å². The summed E-state index contributed by atoms with van der Waals surface area (Å²) in [5.74, 6) is 0.0643. The van der Waals surface area contributed by atoms with Crippen LogP contribution in [0.3, 0.4) is 0 Å². The first-order valence-electron chi connectivity index (χ1n) is 5.59. The van der Waals surface area contributed by atoms with E-state index < -0.39 is 0 Å². The predicted octanol–water partition coefficient (Wildman–Crippen LogP) is 1.92. The smallest absolute Gasteiger partial charge is 0.328 e. The fraction of sp³-hybridized carbons (Fsp3) is 0.385. The standard InChI is InChI=1S/C13H14N2O2/c1-17-13(16)12(9-6-7-9)15-11-5-3-2-4-10(11)8-14/h2-5,9,12,15H,6-7H2,1H3. The number of benzene rings is 1. The van der Waals surface area contributed by atoms with Gasteiger partial charge in [0.25, 0.3) is 0 Å². The van der Waals surface area contributed by atoms with E-state index in [9.17, 15) is 4.79 Å². The first-order chi connectivity index (χ1) is 8.26. The number of nitrogens with zero attached hydrogens (tertiary/aromatic N) is 1. The maximum absolute atomic E-state index is 11.6. The maximum atomic E-state index is 11.6. The summed E-state index contributed by atoms with van der Waals surface area (Å²) in [7, 11) is 1.38. The highest BCUT2D eigenvalue weighted by atomic mass is 16.5. The number of carbonyl (C=O) groups excluding carboxylic acids is 1. The Morgan fingerprint density at radius 1 is 1.53 bits per heavy atom. The Bertz CT molecular complexity index is 461. The summed E-state index contributed by atoms with van der Waals surface area (Å²) in [6.45, 7) is 0. The van der Waals surface area contributed by atoms with Gasteiger partial charge in [-0.15, -0.1) is 0 Å². The van der Waals surface area contributed by atoms with Crippen LogP contribution in [0.15, 0.2) is 24.3 Å². The van der Waals surface area contributed by atoms with Crippen LogP contribution in [0.5, 0.6) is 0 Å². The van der Waals surface area contributed by atoms with E-state index in [1.165, 1.54) is 7.11 Å². The van der Waals surface area contributed by atoms with Gasteiger partial charge in [0.1, 0.15) is 12.1 Å². The van der Waals surface area contributed by atoms with Gasteiger partial charge in [0.05, 0.1) is 18.4 Å². The average Bonchev–Trinajstić information content (AvgIpc) is 3.19. The third-order valence-corrected chi connectivity index (χ3v) is 2.91. The Kier molecular flexibility index (Phi) is 3.29. The van der Waals surface area contributed by atoms with Crippen LogP contribution >= 0.6 is 0 Å². The van der Waals surface area contributed by atoms with Crippen molar-refractivity contribution in [2.45, 2.75) is 18.9 Å². The lowest BCUT2D eigenvalue weighted by atomic mass is 10.1. The second-order valence-corrected chi connectivity index (χ2v) is 4.14. The summed E-state index contributed by atoms with van der Waals surface area (Å²) in [4.78, 5) is 11.6. The SMILES string of the molecule is COC(=O)C(Nc1ccccc1C#N)C1CC1. The van der Waals surface area contributed by atoms with Crippen LogP contribution in [0, 0.1) is 17.2 Å². The van der Waals surface area contributed by atoms with E-state index >= 15 is 0 Å². The number of hydrogen-bond donors (Lipinski definition) is 1. The van der Waals surface area contributed by atoms with Gasteiger partial charge in [-0.1, -0.05) is 12.1 Å². The highest BCUT2D eigenvalue weighted by Crippen LogP contribution is 2.35. The summed E-state index contributed by atoms with van der Waals surface area (Å²) < 4.78 is 4.78. The van der Waals surface area contributed by atoms with Crippen LogP contribution in [-0.4, -0.2) is 19.1 Å². The molecule has 0 heterocycles. The van der Waals surface area contributed by atoms with E-state index in [4.69, 9.17) is 10.00 Å². The minimum absolute atomic E-state index is 0.264. The van der Waals surface area contributed by atoms with Gasteiger partial charge >= 0.3 is 5.97 Å². The third kappa shape index (κ3) is 2.56. The first kappa shape index (κ1) is 11.5. The molecule has 0 amide bonds. The van der Waals surface area contributed by atoms with Gasteiger partial charge in [-0.2, -0.15) is 5.26 Å². The molecule has 1 aromatic carbocycles. The van der Waals surface area contributed by atoms with Crippen LogP contribution in [0.1, 0.15) is 18.4 Å². The number of methoxy groups -OCH3 is 1. The molecule has 0 saturated heterocycles. The lowest BCUT2D eigenvalue weighted by Gasteiger charge is -2.17. The number of para-hydroxylation sites is 1. The highest BCUT2D eigenvalue weighted by Gasteiger charge is 2.37. The van der Waals surface area contributed by atoms with E-state index in [2.05, 4.69) is 11.4 Å². The minimum Gasteiger partial charge on any atom is -0.467 e. The van der Waals surface area contributed by atoms with Crippen molar-refractivity contribution >= 4 is 11.7 Å². The van der Waals surface area contributed by atoms with Crippen molar-refractivity contribution in [2.75, 3.05) is 12.4 Å². The molecule has 17 heavy (non-hydrogen) atoms. The summed E-state index contributed by atoms with van der Waals surface area (Å²) in [5, 5.41) is 12.1. The van der Waals surface area contributed by atoms with Gasteiger partial charge in [-0.3, -0.25) is 0 Å². The lowest BCUT2D eigenvalue weighted by Crippen LogP contribution is -2.32. The number of nitriles is 1. The molecule has 1 fully saturated rings. The molecule has 1 unspecified atom stereocenters. The number of esters is 1. The van der Waals surface area contributed by atoms with Crippen LogP contribution in [0.25, 0.3) is 0 Å². The monoisotopic (exact) mass is 230 g/mol. The third-order valence-electron chi connectivity index (χ3n) is 2.91. The Morgan fingerprint density at radius 3 is 2.82 bits per heavy atom. The molecule has 1 aromatic rings. The Balaban J connectivity index is 2.17. The summed E-state index contributed by atoms with van der Waals surface area (Å²) in [5.41, 5.74) is 1.24. The summed E-state index contributed by atoms with van der Waals surface area (Å²) in [6, 6.07) is 8.93. The normalized spacial score (nSPS) is 15.8. The topological polar surface area (TPSA) is 62.1 Å². The molecule has 0 aromatic heterocycles. The summed E-state index contributed by atoms with van der Waals surface area (Å²) >= 11 is 0. The number of rotatable bonds is 4. The molecule has 0 radical (unpaired) electrons. The lowest BCUT2D eigenvalue weighted by molar-refractivity contribution is -0.142. The van der Waals surface area contributed by atoms with Gasteiger partial charge in [0.15, 0.2) is 0 Å². The molecular formula is C13H14N2O2. The second-order valence-electron chi connectivity index (χ2n) is 4.14. The molecule has 0 bridgehead atoms. The van der Waals surface area contributed by atoms with Gasteiger partial charge in [-0.25, -0.2) is 4.79 Å². The van der Waals surface area contributed by atoms with Gasteiger partial charge in [0.2, 0.25) is 0 Å². The molecule has 1 N–H and O–H groups in total. The molecule has 88 valence electrons. The van der Waals surface area contributed by atoms with Crippen molar-refractivity contribution in [3.05, 3.63) is 29.8 Å². The zero-order chi connectivity index (χ0) is 12.3. The van der Waals surface area contributed by atoms with Crippen LogP contribution in [-0.2, 0) is 9.53 Å². The van der Waals surface area contributed by atoms with Crippen molar-refractivity contribution in [3.63, 3.8) is 0 Å². The largest absolute Gasteiger partial charge is 0.467 e. The quantitative estimate of drug-likeness (QED) is 0.803. The van der Waals surface area contributed by atoms with E-state index in [1.54, 1.807) is 18.2 Å². The van der Waals surface area contributed by atoms with E-state index in [0.717, 1.165) is 12.8 Å². The zero-order valence-corrected chi connectivity index (χ0v) is 9.64. The van der Waals surface area contributed by atoms with E-state index in [-0.39, 0.29) is 12.0 Å². The maximum Gasteiger partial charge on any atom is 0.328 e. The first-order valence-corrected chi connectivity index (χ1v) is 5.59. The molecule has 1 atom stereocenters. The predicted molar refractivity (Wildman–Crippen MR) is 63.3 cm³/mol. The number of carbonyl (C=O) groups is 1. The van der Waals surface area contributed by atoms with Crippen molar-refractivity contribution in [3.8, 4) is 6.07 Å². The fourth-order valence-corrected chi connectivity index (χ4v) is 1.80. The molecule has 4 nitrogen and oxygen atoms in total. The van der Waals surface area contributed by atoms with Crippen molar-refractivity contribution in [1.82, 2.24) is 0 Å². The Labute approximate surface area is 100 Å². The number of ether oxygens (including phenoxy) is 1. The molecule has 1 saturated carbocycles. The molecular weight excluding hydrogens is 216 g/mol. The molecule has 0 spiro atoms. The van der Waals surface area contributed by atoms with Crippen molar-refractivity contribution in [2.24, 2.45) is 5.92 Å². The summed E-state index contributed by atoms with van der Waals surface area (Å²) in [6.07, 6.45) is 2.06. The minimum atomic E-state index is -0.338. The van der Waals surface area contributed by atoms with E-state index in [1.807, 2.05) is 6.07 Å². The van der Waals surface area contributed by atoms with Crippen LogP contribution < -0.4 is 5.32 Å². The van der Waals surface area contributed by atoms with Crippen LogP contribution in [0.2, 0.25) is 0 Å². The van der Waals surface area contributed by atoms with Crippen molar-refractivity contribution < 1.29 is 9.53 Å². The second kappa shape index (κ2) is 4.88. The number of nitrogens with one attached hydrogen (secondary N) is 1. The van der Waals surface area contributed by atoms with Crippen LogP contribution in [0.4, 0.5) is 5.69 Å². The molecule has 1 aliphatic carbocycles. The van der Waals surface area contributed by atoms with E-state index in [0.29, 0.717) is 17.2 Å². The number of hydrogen-bond acceptors (Lipinski definition) is 4. The highest BCUT2D eigenvalue weighted by molar-refractivity contribution is 5.80. The molecule has 0 aliphatic heterocycles. The molecule has 4 heteroatoms. The average molecular weight is 230 g/mol. The van der Waals surface area contributed by atoms with Crippen molar-refractivity contribution in [1.29, 1.82) is 5.26 Å². The van der Waals surface area contributed by atoms with Gasteiger partial charge in [-0.05, 0) is 30.9 Å². The Hall–Kier alpha value is -2.02. The Morgan fingerprint density at radius 2 is 2.24 bits per heavy atom. The van der Waals surface area contributed by atoms with Gasteiger partial charge < -0.3 is 10.1 Å². The number of anilines is 1.